The third-order valence-electron chi connectivity index (χ3n) is 3.07. The number of thioether (sulfide) groups is 1. The lowest BCUT2D eigenvalue weighted by Gasteiger charge is -2.09. The number of amides is 2. The number of aliphatic imine (C=N–C) groups is 1. The van der Waals surface area contributed by atoms with Crippen LogP contribution in [0.1, 0.15) is 13.8 Å². The molecule has 0 heterocycles. The lowest BCUT2D eigenvalue weighted by molar-refractivity contribution is -0.115. The van der Waals surface area contributed by atoms with Gasteiger partial charge in [-0.3, -0.25) is 9.59 Å². The van der Waals surface area contributed by atoms with Gasteiger partial charge >= 0.3 is 0 Å². The van der Waals surface area contributed by atoms with E-state index in [9.17, 15) is 9.59 Å². The summed E-state index contributed by atoms with van der Waals surface area (Å²) in [4.78, 5) is 26.6. The molecule has 0 fully saturated rings. The van der Waals surface area contributed by atoms with Gasteiger partial charge in [-0.25, -0.2) is 4.99 Å². The van der Waals surface area contributed by atoms with Gasteiger partial charge in [0.05, 0.1) is 5.69 Å². The van der Waals surface area contributed by atoms with Crippen LogP contribution in [0.15, 0.2) is 53.5 Å². The average Bonchev–Trinajstić information content (AvgIpc) is 2.56. The van der Waals surface area contributed by atoms with Crippen molar-refractivity contribution in [1.29, 1.82) is 0 Å². The molecular formula is C18H20N4O2S. The van der Waals surface area contributed by atoms with E-state index in [1.165, 1.54) is 25.6 Å². The van der Waals surface area contributed by atoms with Gasteiger partial charge in [0, 0.05) is 30.9 Å². The summed E-state index contributed by atoms with van der Waals surface area (Å²) in [7, 11) is 0. The number of amidine groups is 1. The summed E-state index contributed by atoms with van der Waals surface area (Å²) < 4.78 is 0. The molecular weight excluding hydrogens is 336 g/mol. The third-order valence-corrected chi connectivity index (χ3v) is 3.65. The third kappa shape index (κ3) is 6.31. The van der Waals surface area contributed by atoms with Crippen LogP contribution in [0, 0.1) is 0 Å². The predicted octanol–water partition coefficient (Wildman–Crippen LogP) is 4.07. The number of hydrogen-bond acceptors (Lipinski definition) is 4. The molecule has 0 spiro atoms. The van der Waals surface area contributed by atoms with Crippen LogP contribution >= 0.6 is 11.8 Å². The van der Waals surface area contributed by atoms with E-state index in [2.05, 4.69) is 20.9 Å². The Morgan fingerprint density at radius 2 is 1.16 bits per heavy atom. The van der Waals surface area contributed by atoms with Crippen LogP contribution in [0.2, 0.25) is 0 Å². The summed E-state index contributed by atoms with van der Waals surface area (Å²) in [5, 5.41) is 9.42. The van der Waals surface area contributed by atoms with E-state index in [4.69, 9.17) is 0 Å². The SMILES string of the molecule is CSC(=Nc1ccc(NC(C)=O)cc1)Nc1ccc(NC(C)=O)cc1. The zero-order valence-corrected chi connectivity index (χ0v) is 15.1. The highest BCUT2D eigenvalue weighted by Crippen LogP contribution is 2.20. The summed E-state index contributed by atoms with van der Waals surface area (Å²) >= 11 is 1.49. The molecule has 2 rings (SSSR count). The second-order valence-corrected chi connectivity index (χ2v) is 6.03. The topological polar surface area (TPSA) is 82.6 Å². The summed E-state index contributed by atoms with van der Waals surface area (Å²) in [6, 6.07) is 14.7. The van der Waals surface area contributed by atoms with Crippen LogP contribution in [0.4, 0.5) is 22.7 Å². The van der Waals surface area contributed by atoms with Gasteiger partial charge in [0.25, 0.3) is 0 Å². The molecule has 0 saturated carbocycles. The molecule has 0 atom stereocenters. The number of nitrogens with zero attached hydrogens (tertiary/aromatic N) is 1. The van der Waals surface area contributed by atoms with E-state index in [0.29, 0.717) is 0 Å². The lowest BCUT2D eigenvalue weighted by atomic mass is 10.3. The van der Waals surface area contributed by atoms with Crippen LogP contribution in [-0.2, 0) is 9.59 Å². The Labute approximate surface area is 151 Å². The molecule has 2 aromatic rings. The minimum absolute atomic E-state index is 0.102. The number of carbonyl (C=O) groups is 2. The molecule has 0 radical (unpaired) electrons. The van der Waals surface area contributed by atoms with Gasteiger partial charge in [0.15, 0.2) is 5.17 Å². The number of benzene rings is 2. The van der Waals surface area contributed by atoms with E-state index in [1.807, 2.05) is 42.7 Å². The van der Waals surface area contributed by atoms with Gasteiger partial charge in [0.1, 0.15) is 0 Å². The zero-order chi connectivity index (χ0) is 18.2. The Balaban J connectivity index is 2.06. The van der Waals surface area contributed by atoms with Crippen LogP contribution < -0.4 is 16.0 Å². The Bertz CT molecular complexity index is 771. The normalized spacial score (nSPS) is 10.9. The fourth-order valence-corrected chi connectivity index (χ4v) is 2.44. The fraction of sp³-hybridized carbons (Fsp3) is 0.167. The first kappa shape index (κ1) is 18.5. The van der Waals surface area contributed by atoms with Gasteiger partial charge < -0.3 is 16.0 Å². The molecule has 0 aliphatic rings. The molecule has 0 bridgehead atoms. The van der Waals surface area contributed by atoms with Gasteiger partial charge in [-0.05, 0) is 54.8 Å². The molecule has 0 aromatic heterocycles. The van der Waals surface area contributed by atoms with Crippen molar-refractivity contribution in [2.75, 3.05) is 22.2 Å². The standard InChI is InChI=1S/C18H20N4O2S/c1-12(23)19-14-4-8-16(9-5-14)21-18(25-3)22-17-10-6-15(7-11-17)20-13(2)24/h4-11H,1-3H3,(H,19,23)(H,20,24)(H,21,22). The fourth-order valence-electron chi connectivity index (χ4n) is 2.03. The van der Waals surface area contributed by atoms with E-state index in [-0.39, 0.29) is 11.8 Å². The lowest BCUT2D eigenvalue weighted by Crippen LogP contribution is -2.08. The highest BCUT2D eigenvalue weighted by Gasteiger charge is 2.02. The molecule has 7 heteroatoms. The van der Waals surface area contributed by atoms with Gasteiger partial charge in [-0.1, -0.05) is 11.8 Å². The van der Waals surface area contributed by atoms with Crippen molar-refractivity contribution in [3.63, 3.8) is 0 Å². The monoisotopic (exact) mass is 356 g/mol. The van der Waals surface area contributed by atoms with Crippen molar-refractivity contribution < 1.29 is 9.59 Å². The first-order valence-electron chi connectivity index (χ1n) is 7.61. The van der Waals surface area contributed by atoms with E-state index in [1.54, 1.807) is 12.1 Å². The number of nitrogens with one attached hydrogen (secondary N) is 3. The number of rotatable bonds is 4. The van der Waals surface area contributed by atoms with Crippen molar-refractivity contribution in [2.45, 2.75) is 13.8 Å². The Kier molecular flexibility index (Phi) is 6.59. The molecule has 0 aliphatic carbocycles. The van der Waals surface area contributed by atoms with Crippen molar-refractivity contribution in [3.8, 4) is 0 Å². The van der Waals surface area contributed by atoms with Gasteiger partial charge in [-0.15, -0.1) is 0 Å². The van der Waals surface area contributed by atoms with Gasteiger partial charge in [0.2, 0.25) is 11.8 Å². The second kappa shape index (κ2) is 8.89. The van der Waals surface area contributed by atoms with E-state index < -0.39 is 0 Å². The van der Waals surface area contributed by atoms with Crippen LogP contribution in [0.3, 0.4) is 0 Å². The zero-order valence-electron chi connectivity index (χ0n) is 14.3. The Morgan fingerprint density at radius 1 is 0.760 bits per heavy atom. The minimum Gasteiger partial charge on any atom is -0.335 e. The van der Waals surface area contributed by atoms with Crippen LogP contribution in [0.25, 0.3) is 0 Å². The van der Waals surface area contributed by atoms with Crippen molar-refractivity contribution in [1.82, 2.24) is 0 Å². The minimum atomic E-state index is -0.106. The largest absolute Gasteiger partial charge is 0.335 e. The summed E-state index contributed by atoms with van der Waals surface area (Å²) in [6.07, 6.45) is 1.93. The first-order valence-corrected chi connectivity index (χ1v) is 8.84. The van der Waals surface area contributed by atoms with Crippen LogP contribution in [0.5, 0.6) is 0 Å². The van der Waals surface area contributed by atoms with Crippen LogP contribution in [-0.4, -0.2) is 23.2 Å². The van der Waals surface area contributed by atoms with Crippen molar-refractivity contribution >= 4 is 51.5 Å². The van der Waals surface area contributed by atoms with Gasteiger partial charge in [-0.2, -0.15) is 0 Å². The number of hydrogen-bond donors (Lipinski definition) is 3. The molecule has 0 saturated heterocycles. The summed E-state index contributed by atoms with van der Waals surface area (Å²) in [6.45, 7) is 2.95. The summed E-state index contributed by atoms with van der Waals surface area (Å²) in [5.41, 5.74) is 3.13. The molecule has 3 N–H and O–H groups in total. The van der Waals surface area contributed by atoms with Crippen molar-refractivity contribution in [3.05, 3.63) is 48.5 Å². The van der Waals surface area contributed by atoms with Crippen molar-refractivity contribution in [2.24, 2.45) is 4.99 Å². The van der Waals surface area contributed by atoms with E-state index >= 15 is 0 Å². The number of anilines is 3. The highest BCUT2D eigenvalue weighted by atomic mass is 32.2. The maximum absolute atomic E-state index is 11.0. The predicted molar refractivity (Wildman–Crippen MR) is 106 cm³/mol. The van der Waals surface area contributed by atoms with E-state index in [0.717, 1.165) is 27.9 Å². The number of carbonyl (C=O) groups excluding carboxylic acids is 2. The maximum atomic E-state index is 11.0. The maximum Gasteiger partial charge on any atom is 0.221 e. The smallest absolute Gasteiger partial charge is 0.221 e. The second-order valence-electron chi connectivity index (χ2n) is 5.23. The first-order chi connectivity index (χ1) is 12.0. The highest BCUT2D eigenvalue weighted by molar-refractivity contribution is 8.13. The molecule has 25 heavy (non-hydrogen) atoms. The molecule has 2 aromatic carbocycles. The molecule has 2 amide bonds. The quantitative estimate of drug-likeness (QED) is 0.570. The Morgan fingerprint density at radius 3 is 1.56 bits per heavy atom. The summed E-state index contributed by atoms with van der Waals surface area (Å²) in [5.74, 6) is -0.208. The molecule has 6 nitrogen and oxygen atoms in total. The average molecular weight is 356 g/mol. The molecule has 0 aliphatic heterocycles. The Hall–Kier alpha value is -2.80. The molecule has 130 valence electrons. The molecule has 0 unspecified atom stereocenters.